The van der Waals surface area contributed by atoms with E-state index in [9.17, 15) is 4.79 Å². The summed E-state index contributed by atoms with van der Waals surface area (Å²) in [4.78, 5) is 17.2. The van der Waals surface area contributed by atoms with Crippen LogP contribution in [0.15, 0.2) is 30.3 Å². The first kappa shape index (κ1) is 16.7. The smallest absolute Gasteiger partial charge is 0.252 e. The quantitative estimate of drug-likeness (QED) is 0.731. The van der Waals surface area contributed by atoms with Crippen LogP contribution in [0.4, 0.5) is 5.82 Å². The molecule has 1 heterocycles. The van der Waals surface area contributed by atoms with Crippen LogP contribution >= 0.6 is 0 Å². The highest BCUT2D eigenvalue weighted by molar-refractivity contribution is 6.07. The number of aliphatic hydroxyl groups is 1. The van der Waals surface area contributed by atoms with Crippen LogP contribution in [0.1, 0.15) is 43.5 Å². The molecule has 0 atom stereocenters. The first-order valence-corrected chi connectivity index (χ1v) is 8.54. The molecular formula is C19H25N3O2. The highest BCUT2D eigenvalue weighted by Crippen LogP contribution is 2.25. The maximum atomic E-state index is 12.6. The molecule has 1 fully saturated rings. The summed E-state index contributed by atoms with van der Waals surface area (Å²) >= 11 is 0. The molecule has 0 aliphatic heterocycles. The molecule has 2 aromatic rings. The van der Waals surface area contributed by atoms with E-state index in [2.05, 4.69) is 29.5 Å². The van der Waals surface area contributed by atoms with Gasteiger partial charge >= 0.3 is 0 Å². The maximum absolute atomic E-state index is 12.6. The lowest BCUT2D eigenvalue weighted by molar-refractivity contribution is 0.0952. The summed E-state index contributed by atoms with van der Waals surface area (Å²) in [6, 6.07) is 9.86. The number of aliphatic hydroxyl groups excluding tert-OH is 1. The average Bonchev–Trinajstić information content (AvgIpc) is 3.36. The van der Waals surface area contributed by atoms with E-state index in [0.29, 0.717) is 30.4 Å². The zero-order valence-corrected chi connectivity index (χ0v) is 14.3. The van der Waals surface area contributed by atoms with Crippen molar-refractivity contribution in [3.05, 3.63) is 35.9 Å². The molecule has 24 heavy (non-hydrogen) atoms. The fourth-order valence-corrected chi connectivity index (χ4v) is 2.67. The number of amides is 1. The lowest BCUT2D eigenvalue weighted by Crippen LogP contribution is -2.27. The third-order valence-corrected chi connectivity index (χ3v) is 4.41. The molecule has 0 saturated heterocycles. The van der Waals surface area contributed by atoms with E-state index in [0.717, 1.165) is 23.7 Å². The Morgan fingerprint density at radius 3 is 2.79 bits per heavy atom. The van der Waals surface area contributed by atoms with E-state index < -0.39 is 0 Å². The minimum absolute atomic E-state index is 0.0335. The van der Waals surface area contributed by atoms with Crippen molar-refractivity contribution >= 4 is 22.6 Å². The van der Waals surface area contributed by atoms with Gasteiger partial charge in [-0.1, -0.05) is 32.0 Å². The van der Waals surface area contributed by atoms with Crippen molar-refractivity contribution in [1.82, 2.24) is 10.3 Å². The van der Waals surface area contributed by atoms with Crippen LogP contribution in [-0.2, 0) is 0 Å². The van der Waals surface area contributed by atoms with Crippen LogP contribution in [0.3, 0.4) is 0 Å². The fraction of sp³-hybridized carbons (Fsp3) is 0.474. The minimum atomic E-state index is -0.0431. The number of carbonyl (C=O) groups excluding carboxylic acids is 1. The summed E-state index contributed by atoms with van der Waals surface area (Å²) in [7, 11) is 0. The molecule has 0 spiro atoms. The molecule has 1 aromatic heterocycles. The number of fused-ring (bicyclic) bond motifs is 1. The van der Waals surface area contributed by atoms with E-state index in [4.69, 9.17) is 5.11 Å². The number of rotatable bonds is 7. The fourth-order valence-electron chi connectivity index (χ4n) is 2.67. The molecule has 1 aromatic carbocycles. The van der Waals surface area contributed by atoms with Crippen molar-refractivity contribution in [2.75, 3.05) is 18.5 Å². The van der Waals surface area contributed by atoms with Crippen molar-refractivity contribution in [2.24, 2.45) is 5.41 Å². The maximum Gasteiger partial charge on any atom is 0.252 e. The molecule has 1 aliphatic rings. The summed E-state index contributed by atoms with van der Waals surface area (Å²) in [5, 5.41) is 16.4. The Kier molecular flexibility index (Phi) is 4.71. The van der Waals surface area contributed by atoms with Gasteiger partial charge in [0.1, 0.15) is 5.82 Å². The monoisotopic (exact) mass is 327 g/mol. The van der Waals surface area contributed by atoms with Gasteiger partial charge < -0.3 is 15.7 Å². The Bertz CT molecular complexity index is 738. The highest BCUT2D eigenvalue weighted by Gasteiger charge is 2.25. The van der Waals surface area contributed by atoms with Gasteiger partial charge in [-0.05, 0) is 36.8 Å². The normalized spacial score (nSPS) is 14.6. The summed E-state index contributed by atoms with van der Waals surface area (Å²) < 4.78 is 0. The third-order valence-electron chi connectivity index (χ3n) is 4.41. The lowest BCUT2D eigenvalue weighted by atomic mass is 9.90. The molecule has 0 bridgehead atoms. The molecule has 5 heteroatoms. The second-order valence-corrected chi connectivity index (χ2v) is 7.31. The van der Waals surface area contributed by atoms with Crippen LogP contribution in [0.25, 0.3) is 10.9 Å². The molecule has 5 nitrogen and oxygen atoms in total. The van der Waals surface area contributed by atoms with Gasteiger partial charge in [-0.3, -0.25) is 4.79 Å². The summed E-state index contributed by atoms with van der Waals surface area (Å²) in [6.07, 6.45) is 2.84. The number of anilines is 1. The predicted molar refractivity (Wildman–Crippen MR) is 96.2 cm³/mol. The number of hydrogen-bond acceptors (Lipinski definition) is 4. The second-order valence-electron chi connectivity index (χ2n) is 7.31. The average molecular weight is 327 g/mol. The molecule has 0 radical (unpaired) electrons. The molecule has 1 aliphatic carbocycles. The van der Waals surface area contributed by atoms with Crippen molar-refractivity contribution in [1.29, 1.82) is 0 Å². The number of para-hydroxylation sites is 1. The van der Waals surface area contributed by atoms with Crippen LogP contribution in [-0.4, -0.2) is 35.2 Å². The second kappa shape index (κ2) is 6.77. The minimum Gasteiger partial charge on any atom is -0.396 e. The zero-order valence-electron chi connectivity index (χ0n) is 14.3. The van der Waals surface area contributed by atoms with Crippen molar-refractivity contribution in [2.45, 2.75) is 39.2 Å². The SMILES string of the molecule is CC(C)(CCO)CNc1cc(C(=O)NC2CC2)c2ccccc2n1. The van der Waals surface area contributed by atoms with Crippen LogP contribution in [0.5, 0.6) is 0 Å². The number of nitrogens with one attached hydrogen (secondary N) is 2. The van der Waals surface area contributed by atoms with E-state index in [-0.39, 0.29) is 17.9 Å². The van der Waals surface area contributed by atoms with Crippen molar-refractivity contribution in [3.8, 4) is 0 Å². The van der Waals surface area contributed by atoms with E-state index in [1.807, 2.05) is 30.3 Å². The van der Waals surface area contributed by atoms with Crippen molar-refractivity contribution < 1.29 is 9.90 Å². The van der Waals surface area contributed by atoms with Gasteiger partial charge in [-0.2, -0.15) is 0 Å². The standard InChI is InChI=1S/C19H25N3O2/c1-19(2,9-10-23)12-20-17-11-15(18(24)21-13-7-8-13)14-5-3-4-6-16(14)22-17/h3-6,11,13,23H,7-10,12H2,1-2H3,(H,20,22)(H,21,24). The Hall–Kier alpha value is -2.14. The Morgan fingerprint density at radius 2 is 2.08 bits per heavy atom. The van der Waals surface area contributed by atoms with Gasteiger partial charge in [0.25, 0.3) is 5.91 Å². The van der Waals surface area contributed by atoms with Crippen LogP contribution < -0.4 is 10.6 Å². The summed E-state index contributed by atoms with van der Waals surface area (Å²) in [6.45, 7) is 5.04. The molecule has 3 N–H and O–H groups in total. The number of aromatic nitrogens is 1. The van der Waals surface area contributed by atoms with Gasteiger partial charge in [-0.25, -0.2) is 4.98 Å². The summed E-state index contributed by atoms with van der Waals surface area (Å²) in [5.74, 6) is 0.662. The van der Waals surface area contributed by atoms with Gasteiger partial charge in [0.15, 0.2) is 0 Å². The first-order valence-electron chi connectivity index (χ1n) is 8.54. The Labute approximate surface area is 142 Å². The number of benzene rings is 1. The number of pyridine rings is 1. The molecular weight excluding hydrogens is 302 g/mol. The van der Waals surface area contributed by atoms with Gasteiger partial charge in [-0.15, -0.1) is 0 Å². The molecule has 0 unspecified atom stereocenters. The highest BCUT2D eigenvalue weighted by atomic mass is 16.3. The van der Waals surface area contributed by atoms with E-state index in [1.165, 1.54) is 0 Å². The number of hydrogen-bond donors (Lipinski definition) is 3. The van der Waals surface area contributed by atoms with Crippen LogP contribution in [0.2, 0.25) is 0 Å². The lowest BCUT2D eigenvalue weighted by Gasteiger charge is -2.24. The van der Waals surface area contributed by atoms with Gasteiger partial charge in [0.05, 0.1) is 11.1 Å². The predicted octanol–water partition coefficient (Wildman–Crippen LogP) is 2.95. The molecule has 3 rings (SSSR count). The number of nitrogens with zero attached hydrogens (tertiary/aromatic N) is 1. The van der Waals surface area contributed by atoms with Gasteiger partial charge in [0.2, 0.25) is 0 Å². The van der Waals surface area contributed by atoms with E-state index in [1.54, 1.807) is 0 Å². The number of carbonyl (C=O) groups is 1. The third kappa shape index (κ3) is 4.03. The first-order chi connectivity index (χ1) is 11.5. The topological polar surface area (TPSA) is 74.2 Å². The van der Waals surface area contributed by atoms with E-state index >= 15 is 0 Å². The zero-order chi connectivity index (χ0) is 17.2. The van der Waals surface area contributed by atoms with Crippen LogP contribution in [0, 0.1) is 5.41 Å². The molecule has 128 valence electrons. The molecule has 1 amide bonds. The summed E-state index contributed by atoms with van der Waals surface area (Å²) in [5.41, 5.74) is 1.43. The van der Waals surface area contributed by atoms with Gasteiger partial charge in [0, 0.05) is 24.6 Å². The van der Waals surface area contributed by atoms with Crippen molar-refractivity contribution in [3.63, 3.8) is 0 Å². The molecule has 1 saturated carbocycles. The Balaban J connectivity index is 1.87. The Morgan fingerprint density at radius 1 is 1.33 bits per heavy atom. The largest absolute Gasteiger partial charge is 0.396 e.